The van der Waals surface area contributed by atoms with Crippen LogP contribution in [0.3, 0.4) is 0 Å². The number of aliphatic hydroxyl groups excluding tert-OH is 1. The fourth-order valence-electron chi connectivity index (χ4n) is 3.58. The number of rotatable bonds is 5. The van der Waals surface area contributed by atoms with Gasteiger partial charge in [-0.05, 0) is 18.0 Å². The minimum Gasteiger partial charge on any atom is -0.395 e. The standard InChI is InChI=1S/C14H22N4O4S2/c1-2-3-10-13(23-16-15-10)14(20)18-5-4-17(6-7-19)11-8-24(21,22)9-12(11)18/h11-12,19H,2-9H2,1H3/t11-,12+/m1/s1. The molecule has 10 heteroatoms. The molecule has 3 heterocycles. The average Bonchev–Trinajstić information content (AvgIpc) is 3.11. The number of nitrogens with zero attached hydrogens (tertiary/aromatic N) is 4. The Morgan fingerprint density at radius 3 is 2.79 bits per heavy atom. The molecule has 1 aromatic rings. The van der Waals surface area contributed by atoms with E-state index in [0.29, 0.717) is 36.6 Å². The first-order valence-corrected chi connectivity index (χ1v) is 10.7. The number of sulfone groups is 1. The van der Waals surface area contributed by atoms with Gasteiger partial charge in [-0.1, -0.05) is 17.8 Å². The largest absolute Gasteiger partial charge is 0.395 e. The van der Waals surface area contributed by atoms with E-state index in [4.69, 9.17) is 0 Å². The van der Waals surface area contributed by atoms with Crippen LogP contribution in [0.4, 0.5) is 0 Å². The highest BCUT2D eigenvalue weighted by molar-refractivity contribution is 7.91. The Labute approximate surface area is 145 Å². The van der Waals surface area contributed by atoms with Crippen LogP contribution in [-0.4, -0.2) is 88.6 Å². The summed E-state index contributed by atoms with van der Waals surface area (Å²) in [4.78, 5) is 17.2. The maximum atomic E-state index is 13.0. The van der Waals surface area contributed by atoms with E-state index in [9.17, 15) is 18.3 Å². The topological polar surface area (TPSA) is 104 Å². The van der Waals surface area contributed by atoms with Crippen LogP contribution in [0, 0.1) is 0 Å². The van der Waals surface area contributed by atoms with Gasteiger partial charge in [0.25, 0.3) is 5.91 Å². The molecular weight excluding hydrogens is 352 g/mol. The molecule has 2 saturated heterocycles. The molecule has 0 unspecified atom stereocenters. The highest BCUT2D eigenvalue weighted by Crippen LogP contribution is 2.29. The van der Waals surface area contributed by atoms with Gasteiger partial charge in [0.05, 0.1) is 29.8 Å². The van der Waals surface area contributed by atoms with Gasteiger partial charge < -0.3 is 10.0 Å². The molecule has 0 saturated carbocycles. The van der Waals surface area contributed by atoms with Crippen LogP contribution in [0.2, 0.25) is 0 Å². The SMILES string of the molecule is CCCc1nnsc1C(=O)N1CCN(CCO)[C@@H]2CS(=O)(=O)C[C@@H]21. The van der Waals surface area contributed by atoms with E-state index in [-0.39, 0.29) is 36.1 Å². The maximum Gasteiger partial charge on any atom is 0.267 e. The maximum absolute atomic E-state index is 13.0. The predicted molar refractivity (Wildman–Crippen MR) is 89.8 cm³/mol. The van der Waals surface area contributed by atoms with Crippen molar-refractivity contribution in [3.8, 4) is 0 Å². The van der Waals surface area contributed by atoms with Crippen molar-refractivity contribution in [2.45, 2.75) is 31.8 Å². The molecule has 0 bridgehead atoms. The number of aromatic nitrogens is 2. The predicted octanol–water partition coefficient (Wildman–Crippen LogP) is -0.594. The normalized spacial score (nSPS) is 26.5. The molecule has 2 atom stereocenters. The molecule has 0 aromatic carbocycles. The Morgan fingerprint density at radius 1 is 1.33 bits per heavy atom. The number of β-amino-alcohol motifs (C(OH)–C–C–N with tert-alkyl or cyclic N) is 1. The van der Waals surface area contributed by atoms with Crippen LogP contribution in [-0.2, 0) is 16.3 Å². The average molecular weight is 374 g/mol. The number of hydrogen-bond donors (Lipinski definition) is 1. The van der Waals surface area contributed by atoms with Gasteiger partial charge in [-0.2, -0.15) is 0 Å². The minimum atomic E-state index is -3.18. The summed E-state index contributed by atoms with van der Waals surface area (Å²) in [5, 5.41) is 13.2. The highest BCUT2D eigenvalue weighted by atomic mass is 32.2. The Hall–Kier alpha value is -1.10. The zero-order valence-electron chi connectivity index (χ0n) is 13.6. The third-order valence-electron chi connectivity index (χ3n) is 4.68. The molecule has 24 heavy (non-hydrogen) atoms. The van der Waals surface area contributed by atoms with Crippen molar-refractivity contribution in [3.05, 3.63) is 10.6 Å². The van der Waals surface area contributed by atoms with E-state index in [0.717, 1.165) is 18.0 Å². The van der Waals surface area contributed by atoms with E-state index in [1.165, 1.54) is 0 Å². The monoisotopic (exact) mass is 374 g/mol. The number of carbonyl (C=O) groups is 1. The molecule has 8 nitrogen and oxygen atoms in total. The Balaban J connectivity index is 1.86. The molecule has 1 amide bonds. The van der Waals surface area contributed by atoms with Crippen LogP contribution >= 0.6 is 11.5 Å². The van der Waals surface area contributed by atoms with Crippen molar-refractivity contribution in [3.63, 3.8) is 0 Å². The second-order valence-corrected chi connectivity index (χ2v) is 9.18. The third-order valence-corrected chi connectivity index (χ3v) is 7.13. The summed E-state index contributed by atoms with van der Waals surface area (Å²) in [6.45, 7) is 3.46. The van der Waals surface area contributed by atoms with Crippen LogP contribution in [0.15, 0.2) is 0 Å². The number of fused-ring (bicyclic) bond motifs is 1. The zero-order chi connectivity index (χ0) is 17.3. The summed E-state index contributed by atoms with van der Waals surface area (Å²) in [6, 6.07) is -0.602. The van der Waals surface area contributed by atoms with Gasteiger partial charge in [0.2, 0.25) is 0 Å². The van der Waals surface area contributed by atoms with Gasteiger partial charge in [-0.25, -0.2) is 8.42 Å². The summed E-state index contributed by atoms with van der Waals surface area (Å²) in [6.07, 6.45) is 1.56. The van der Waals surface area contributed by atoms with Crippen molar-refractivity contribution in [2.75, 3.05) is 37.7 Å². The zero-order valence-corrected chi connectivity index (χ0v) is 15.2. The van der Waals surface area contributed by atoms with E-state index in [1.54, 1.807) is 4.90 Å². The van der Waals surface area contributed by atoms with Crippen molar-refractivity contribution in [2.24, 2.45) is 0 Å². The molecule has 1 aromatic heterocycles. The lowest BCUT2D eigenvalue weighted by Gasteiger charge is -2.43. The molecule has 3 rings (SSSR count). The lowest BCUT2D eigenvalue weighted by atomic mass is 10.0. The first-order valence-electron chi connectivity index (χ1n) is 8.14. The van der Waals surface area contributed by atoms with Gasteiger partial charge in [0.1, 0.15) is 4.88 Å². The minimum absolute atomic E-state index is 0.0132. The number of carbonyl (C=O) groups excluding carboxylic acids is 1. The van der Waals surface area contributed by atoms with Gasteiger partial charge in [-0.3, -0.25) is 9.69 Å². The number of hydrogen-bond acceptors (Lipinski definition) is 8. The van der Waals surface area contributed by atoms with Crippen LogP contribution in [0.25, 0.3) is 0 Å². The second-order valence-electron chi connectivity index (χ2n) is 6.27. The summed E-state index contributed by atoms with van der Waals surface area (Å²) >= 11 is 1.08. The van der Waals surface area contributed by atoms with E-state index in [2.05, 4.69) is 9.59 Å². The summed E-state index contributed by atoms with van der Waals surface area (Å²) in [5.74, 6) is -0.130. The number of piperazine rings is 1. The van der Waals surface area contributed by atoms with Crippen molar-refractivity contribution in [1.29, 1.82) is 0 Å². The quantitative estimate of drug-likeness (QED) is 0.734. The molecule has 0 spiro atoms. The highest BCUT2D eigenvalue weighted by Gasteiger charge is 2.48. The fourth-order valence-corrected chi connectivity index (χ4v) is 6.26. The molecular formula is C14H22N4O4S2. The summed E-state index contributed by atoms with van der Waals surface area (Å²) < 4.78 is 28.1. The first-order chi connectivity index (χ1) is 11.5. The van der Waals surface area contributed by atoms with E-state index in [1.807, 2.05) is 11.8 Å². The fraction of sp³-hybridized carbons (Fsp3) is 0.786. The molecule has 134 valence electrons. The number of amides is 1. The van der Waals surface area contributed by atoms with Crippen LogP contribution in [0.1, 0.15) is 28.7 Å². The molecule has 2 aliphatic heterocycles. The van der Waals surface area contributed by atoms with Gasteiger partial charge in [0.15, 0.2) is 9.84 Å². The van der Waals surface area contributed by atoms with Crippen LogP contribution in [0.5, 0.6) is 0 Å². The van der Waals surface area contributed by atoms with Crippen molar-refractivity contribution < 1.29 is 18.3 Å². The van der Waals surface area contributed by atoms with Crippen molar-refractivity contribution >= 4 is 27.3 Å². The summed E-state index contributed by atoms with van der Waals surface area (Å²) in [5.41, 5.74) is 0.697. The smallest absolute Gasteiger partial charge is 0.267 e. The van der Waals surface area contributed by atoms with Crippen LogP contribution < -0.4 is 0 Å². The molecule has 1 N–H and O–H groups in total. The number of aryl methyl sites for hydroxylation is 1. The Morgan fingerprint density at radius 2 is 2.08 bits per heavy atom. The van der Waals surface area contributed by atoms with Gasteiger partial charge in [-0.15, -0.1) is 5.10 Å². The molecule has 2 fully saturated rings. The Kier molecular flexibility index (Phi) is 5.19. The van der Waals surface area contributed by atoms with E-state index >= 15 is 0 Å². The number of aliphatic hydroxyl groups is 1. The lowest BCUT2D eigenvalue weighted by molar-refractivity contribution is 0.0284. The molecule has 2 aliphatic rings. The summed E-state index contributed by atoms with van der Waals surface area (Å²) in [7, 11) is -3.18. The van der Waals surface area contributed by atoms with Gasteiger partial charge >= 0.3 is 0 Å². The molecule has 0 radical (unpaired) electrons. The van der Waals surface area contributed by atoms with E-state index < -0.39 is 9.84 Å². The lowest BCUT2D eigenvalue weighted by Crippen LogP contribution is -2.61. The molecule has 0 aliphatic carbocycles. The van der Waals surface area contributed by atoms with Crippen molar-refractivity contribution in [1.82, 2.24) is 19.4 Å². The third kappa shape index (κ3) is 3.32. The van der Waals surface area contributed by atoms with Gasteiger partial charge in [0, 0.05) is 25.7 Å². The Bertz CT molecular complexity index is 705. The first kappa shape index (κ1) is 17.7. The second kappa shape index (κ2) is 7.03.